The summed E-state index contributed by atoms with van der Waals surface area (Å²) in [7, 11) is 0. The number of hydrogen-bond acceptors (Lipinski definition) is 4. The van der Waals surface area contributed by atoms with Gasteiger partial charge in [0.05, 0.1) is 11.6 Å². The zero-order valence-corrected chi connectivity index (χ0v) is 7.90. The van der Waals surface area contributed by atoms with Gasteiger partial charge >= 0.3 is 0 Å². The van der Waals surface area contributed by atoms with Crippen molar-refractivity contribution in [3.05, 3.63) is 0 Å². The normalized spacial score (nSPS) is 39.7. The summed E-state index contributed by atoms with van der Waals surface area (Å²) in [4.78, 5) is 28.3. The number of aliphatic imine (C=N–C) groups is 2. The number of rotatable bonds is 2. The van der Waals surface area contributed by atoms with E-state index in [0.29, 0.717) is 5.92 Å². The predicted octanol–water partition coefficient (Wildman–Crippen LogP) is 1.36. The first-order valence-electron chi connectivity index (χ1n) is 4.97. The summed E-state index contributed by atoms with van der Waals surface area (Å²) in [5.74, 6) is 0.654. The highest BCUT2D eigenvalue weighted by atomic mass is 16.1. The third kappa shape index (κ3) is 1.33. The van der Waals surface area contributed by atoms with Gasteiger partial charge in [0.25, 0.3) is 0 Å². The van der Waals surface area contributed by atoms with Crippen LogP contribution in [-0.2, 0) is 9.59 Å². The molecule has 3 aliphatic rings. The largest absolute Gasteiger partial charge is 0.235 e. The van der Waals surface area contributed by atoms with Gasteiger partial charge in [0, 0.05) is 0 Å². The highest BCUT2D eigenvalue weighted by Gasteiger charge is 2.48. The molecular weight excluding hydrogens is 180 g/mol. The van der Waals surface area contributed by atoms with Crippen LogP contribution in [0.15, 0.2) is 9.98 Å². The smallest absolute Gasteiger partial charge is 0.211 e. The number of nitrogens with zero attached hydrogens (tertiary/aromatic N) is 2. The molecule has 1 unspecified atom stereocenters. The molecule has 0 radical (unpaired) electrons. The molecule has 1 atom stereocenters. The molecule has 3 aliphatic carbocycles. The second kappa shape index (κ2) is 3.49. The van der Waals surface area contributed by atoms with Crippen LogP contribution in [0.2, 0.25) is 0 Å². The third-order valence-electron chi connectivity index (χ3n) is 3.62. The Kier molecular flexibility index (Phi) is 2.32. The maximum atomic E-state index is 10.4. The van der Waals surface area contributed by atoms with Gasteiger partial charge in [-0.15, -0.1) is 0 Å². The Morgan fingerprint density at radius 2 is 1.86 bits per heavy atom. The summed E-state index contributed by atoms with van der Waals surface area (Å²) in [5.41, 5.74) is -0.423. The van der Waals surface area contributed by atoms with Crippen molar-refractivity contribution in [1.29, 1.82) is 0 Å². The molecule has 0 amide bonds. The van der Waals surface area contributed by atoms with E-state index in [1.807, 2.05) is 0 Å². The third-order valence-corrected chi connectivity index (χ3v) is 3.62. The van der Waals surface area contributed by atoms with E-state index >= 15 is 0 Å². The molecule has 3 fully saturated rings. The van der Waals surface area contributed by atoms with Gasteiger partial charge in [-0.2, -0.15) is 9.98 Å². The SMILES string of the molecule is O=C=NC1CC2CCC1(N=C=O)CC2. The molecule has 0 heterocycles. The molecule has 4 heteroatoms. The molecule has 0 aromatic carbocycles. The molecule has 3 saturated carbocycles. The molecular formula is C10H12N2O2. The topological polar surface area (TPSA) is 58.9 Å². The monoisotopic (exact) mass is 192 g/mol. The van der Waals surface area contributed by atoms with E-state index in [1.165, 1.54) is 0 Å². The fourth-order valence-corrected chi connectivity index (χ4v) is 2.80. The van der Waals surface area contributed by atoms with Crippen molar-refractivity contribution in [1.82, 2.24) is 0 Å². The molecule has 0 aromatic heterocycles. The predicted molar refractivity (Wildman–Crippen MR) is 49.3 cm³/mol. The van der Waals surface area contributed by atoms with Crippen LogP contribution in [0.5, 0.6) is 0 Å². The lowest BCUT2D eigenvalue weighted by atomic mass is 9.63. The number of carbonyl (C=O) groups excluding carboxylic acids is 2. The van der Waals surface area contributed by atoms with E-state index < -0.39 is 5.54 Å². The zero-order valence-electron chi connectivity index (χ0n) is 7.90. The lowest BCUT2D eigenvalue weighted by Gasteiger charge is -2.46. The van der Waals surface area contributed by atoms with E-state index in [4.69, 9.17) is 0 Å². The highest BCUT2D eigenvalue weighted by molar-refractivity contribution is 5.38. The summed E-state index contributed by atoms with van der Waals surface area (Å²) in [6.07, 6.45) is 8.01. The number of isocyanates is 2. The fraction of sp³-hybridized carbons (Fsp3) is 0.800. The van der Waals surface area contributed by atoms with Gasteiger partial charge < -0.3 is 0 Å². The molecule has 4 nitrogen and oxygen atoms in total. The van der Waals surface area contributed by atoms with Crippen molar-refractivity contribution in [3.63, 3.8) is 0 Å². The minimum atomic E-state index is -0.423. The first kappa shape index (κ1) is 9.32. The Bertz CT molecular complexity index is 319. The summed E-state index contributed by atoms with van der Waals surface area (Å²) < 4.78 is 0. The lowest BCUT2D eigenvalue weighted by Crippen LogP contribution is -2.49. The lowest BCUT2D eigenvalue weighted by molar-refractivity contribution is 0.117. The van der Waals surface area contributed by atoms with Crippen LogP contribution in [0.25, 0.3) is 0 Å². The average Bonchev–Trinajstić information content (AvgIpc) is 2.21. The standard InChI is InChI=1S/C10H12N2O2/c13-6-11-9-5-8-1-3-10(9,4-2-8)12-7-14/h8-9H,1-5H2. The van der Waals surface area contributed by atoms with Crippen LogP contribution in [0.4, 0.5) is 0 Å². The number of hydrogen-bond donors (Lipinski definition) is 0. The highest BCUT2D eigenvalue weighted by Crippen LogP contribution is 2.47. The van der Waals surface area contributed by atoms with Crippen molar-refractivity contribution in [2.75, 3.05) is 0 Å². The van der Waals surface area contributed by atoms with Gasteiger partial charge in [-0.1, -0.05) is 0 Å². The minimum absolute atomic E-state index is 0.131. The van der Waals surface area contributed by atoms with E-state index in [1.54, 1.807) is 12.2 Å². The Morgan fingerprint density at radius 1 is 1.14 bits per heavy atom. The van der Waals surface area contributed by atoms with Gasteiger partial charge in [0.2, 0.25) is 12.2 Å². The molecule has 0 N–H and O–H groups in total. The van der Waals surface area contributed by atoms with Crippen LogP contribution in [-0.4, -0.2) is 23.7 Å². The summed E-state index contributed by atoms with van der Waals surface area (Å²) in [6.45, 7) is 0. The maximum Gasteiger partial charge on any atom is 0.235 e. The van der Waals surface area contributed by atoms with Crippen molar-refractivity contribution in [3.8, 4) is 0 Å². The van der Waals surface area contributed by atoms with E-state index in [2.05, 4.69) is 9.98 Å². The molecule has 3 rings (SSSR count). The Balaban J connectivity index is 2.31. The number of fused-ring (bicyclic) bond motifs is 3. The maximum absolute atomic E-state index is 10.4. The molecule has 2 bridgehead atoms. The summed E-state index contributed by atoms with van der Waals surface area (Å²) in [6, 6.07) is -0.131. The van der Waals surface area contributed by atoms with Crippen LogP contribution >= 0.6 is 0 Å². The summed E-state index contributed by atoms with van der Waals surface area (Å²) >= 11 is 0. The van der Waals surface area contributed by atoms with Gasteiger partial charge in [0.15, 0.2) is 0 Å². The van der Waals surface area contributed by atoms with Crippen molar-refractivity contribution < 1.29 is 9.59 Å². The van der Waals surface area contributed by atoms with Gasteiger partial charge in [-0.05, 0) is 38.0 Å². The van der Waals surface area contributed by atoms with Crippen LogP contribution in [0.1, 0.15) is 32.1 Å². The van der Waals surface area contributed by atoms with Gasteiger partial charge in [0.1, 0.15) is 0 Å². The average molecular weight is 192 g/mol. The molecule has 0 spiro atoms. The van der Waals surface area contributed by atoms with Crippen molar-refractivity contribution >= 4 is 12.2 Å². The fourth-order valence-electron chi connectivity index (χ4n) is 2.80. The van der Waals surface area contributed by atoms with Crippen LogP contribution < -0.4 is 0 Å². The zero-order chi connectivity index (χ0) is 10.0. The van der Waals surface area contributed by atoms with Gasteiger partial charge in [-0.25, -0.2) is 9.59 Å². The van der Waals surface area contributed by atoms with Crippen molar-refractivity contribution in [2.24, 2.45) is 15.9 Å². The molecule has 74 valence electrons. The Hall–Kier alpha value is -1.24. The van der Waals surface area contributed by atoms with E-state index in [9.17, 15) is 9.59 Å². The molecule has 0 saturated heterocycles. The molecule has 0 aliphatic heterocycles. The Morgan fingerprint density at radius 3 is 2.43 bits per heavy atom. The second-order valence-electron chi connectivity index (χ2n) is 4.22. The molecule has 14 heavy (non-hydrogen) atoms. The molecule has 0 aromatic rings. The summed E-state index contributed by atoms with van der Waals surface area (Å²) in [5, 5.41) is 0. The van der Waals surface area contributed by atoms with E-state index in [0.717, 1.165) is 32.1 Å². The van der Waals surface area contributed by atoms with Crippen LogP contribution in [0, 0.1) is 5.92 Å². The second-order valence-corrected chi connectivity index (χ2v) is 4.22. The minimum Gasteiger partial charge on any atom is -0.211 e. The first-order valence-corrected chi connectivity index (χ1v) is 4.97. The van der Waals surface area contributed by atoms with Crippen molar-refractivity contribution in [2.45, 2.75) is 43.7 Å². The van der Waals surface area contributed by atoms with Crippen LogP contribution in [0.3, 0.4) is 0 Å². The van der Waals surface area contributed by atoms with E-state index in [-0.39, 0.29) is 6.04 Å². The van der Waals surface area contributed by atoms with Gasteiger partial charge in [-0.3, -0.25) is 0 Å². The quantitative estimate of drug-likeness (QED) is 0.490. The first-order chi connectivity index (χ1) is 6.80. The Labute approximate surface area is 82.1 Å².